The van der Waals surface area contributed by atoms with Gasteiger partial charge in [-0.05, 0) is 24.3 Å². The number of nitrogens with one attached hydrogen (secondary N) is 2. The number of H-pyrrole nitrogens is 1. The van der Waals surface area contributed by atoms with E-state index in [9.17, 15) is 4.79 Å². The first-order valence-corrected chi connectivity index (χ1v) is 7.05. The van der Waals surface area contributed by atoms with Gasteiger partial charge in [0.2, 0.25) is 6.79 Å². The summed E-state index contributed by atoms with van der Waals surface area (Å²) in [5.41, 5.74) is 2.48. The second-order valence-electron chi connectivity index (χ2n) is 5.14. The standard InChI is InChI=1S/C16H13N3O4/c20-16(21)14-11-6-10(4-5-12(11)18-19-14)17-7-9-2-1-3-13-15(9)23-8-22-13/h1-6,17H,7-8H2,(H,18,19)(H,20,21). The first kappa shape index (κ1) is 13.4. The van der Waals surface area contributed by atoms with Crippen LogP contribution in [0.5, 0.6) is 11.5 Å². The first-order valence-electron chi connectivity index (χ1n) is 7.05. The Hall–Kier alpha value is -3.22. The van der Waals surface area contributed by atoms with Gasteiger partial charge in [0.05, 0.1) is 5.52 Å². The number of aromatic amines is 1. The molecule has 0 saturated heterocycles. The number of aromatic nitrogens is 2. The average Bonchev–Trinajstić information content (AvgIpc) is 3.19. The molecular formula is C16H13N3O4. The third-order valence-electron chi connectivity index (χ3n) is 3.73. The van der Waals surface area contributed by atoms with Crippen LogP contribution in [0.4, 0.5) is 5.69 Å². The maximum Gasteiger partial charge on any atom is 0.357 e. The molecule has 116 valence electrons. The number of ether oxygens (including phenoxy) is 2. The minimum Gasteiger partial charge on any atom is -0.476 e. The highest BCUT2D eigenvalue weighted by Crippen LogP contribution is 2.35. The Bertz CT molecular complexity index is 903. The van der Waals surface area contributed by atoms with Gasteiger partial charge in [-0.15, -0.1) is 0 Å². The molecule has 7 heteroatoms. The Morgan fingerprint density at radius 3 is 3.09 bits per heavy atom. The van der Waals surface area contributed by atoms with Gasteiger partial charge in [0.1, 0.15) is 0 Å². The average molecular weight is 311 g/mol. The highest BCUT2D eigenvalue weighted by molar-refractivity contribution is 6.01. The number of aromatic carboxylic acids is 1. The molecule has 0 aliphatic carbocycles. The number of carboxylic acid groups (broad SMARTS) is 1. The van der Waals surface area contributed by atoms with E-state index in [0.29, 0.717) is 17.4 Å². The number of hydrogen-bond acceptors (Lipinski definition) is 5. The number of fused-ring (bicyclic) bond motifs is 2. The zero-order valence-corrected chi connectivity index (χ0v) is 12.0. The minimum atomic E-state index is -1.06. The molecule has 23 heavy (non-hydrogen) atoms. The Kier molecular flexibility index (Phi) is 3.04. The van der Waals surface area contributed by atoms with Crippen LogP contribution in [0.2, 0.25) is 0 Å². The first-order chi connectivity index (χ1) is 11.2. The number of carbonyl (C=O) groups is 1. The summed E-state index contributed by atoms with van der Waals surface area (Å²) in [6.45, 7) is 0.771. The normalized spacial score (nSPS) is 12.5. The Balaban J connectivity index is 1.60. The van der Waals surface area contributed by atoms with Crippen LogP contribution in [-0.4, -0.2) is 28.1 Å². The molecule has 1 aromatic heterocycles. The van der Waals surface area contributed by atoms with E-state index in [2.05, 4.69) is 15.5 Å². The van der Waals surface area contributed by atoms with Gasteiger partial charge in [0, 0.05) is 23.2 Å². The molecule has 1 aliphatic rings. The lowest BCUT2D eigenvalue weighted by Gasteiger charge is -2.09. The second-order valence-corrected chi connectivity index (χ2v) is 5.14. The zero-order valence-electron chi connectivity index (χ0n) is 12.0. The number of rotatable bonds is 4. The SMILES string of the molecule is O=C(O)c1n[nH]c2ccc(NCc3cccc4c3OCO4)cc12. The van der Waals surface area contributed by atoms with E-state index in [1.54, 1.807) is 12.1 Å². The van der Waals surface area contributed by atoms with E-state index in [1.165, 1.54) is 0 Å². The molecular weight excluding hydrogens is 298 g/mol. The molecule has 2 heterocycles. The summed E-state index contributed by atoms with van der Waals surface area (Å²) in [4.78, 5) is 11.2. The summed E-state index contributed by atoms with van der Waals surface area (Å²) < 4.78 is 10.8. The fourth-order valence-electron chi connectivity index (χ4n) is 2.61. The van der Waals surface area contributed by atoms with Gasteiger partial charge in [-0.25, -0.2) is 4.79 Å². The molecule has 0 bridgehead atoms. The third-order valence-corrected chi connectivity index (χ3v) is 3.73. The highest BCUT2D eigenvalue weighted by atomic mass is 16.7. The number of para-hydroxylation sites is 1. The van der Waals surface area contributed by atoms with Crippen LogP contribution in [0.3, 0.4) is 0 Å². The summed E-state index contributed by atoms with van der Waals surface area (Å²) in [6, 6.07) is 11.2. The number of hydrogen-bond donors (Lipinski definition) is 3. The molecule has 1 aliphatic heterocycles. The van der Waals surface area contributed by atoms with Crippen LogP contribution in [-0.2, 0) is 6.54 Å². The van der Waals surface area contributed by atoms with E-state index in [-0.39, 0.29) is 12.5 Å². The molecule has 0 radical (unpaired) electrons. The van der Waals surface area contributed by atoms with Crippen molar-refractivity contribution >= 4 is 22.6 Å². The van der Waals surface area contributed by atoms with Crippen molar-refractivity contribution in [1.29, 1.82) is 0 Å². The summed E-state index contributed by atoms with van der Waals surface area (Å²) in [5, 5.41) is 19.5. The fourth-order valence-corrected chi connectivity index (χ4v) is 2.61. The van der Waals surface area contributed by atoms with Crippen molar-refractivity contribution in [2.75, 3.05) is 12.1 Å². The Morgan fingerprint density at radius 1 is 1.30 bits per heavy atom. The van der Waals surface area contributed by atoms with Crippen molar-refractivity contribution in [2.45, 2.75) is 6.54 Å². The number of benzene rings is 2. The van der Waals surface area contributed by atoms with Crippen LogP contribution in [0.1, 0.15) is 16.1 Å². The lowest BCUT2D eigenvalue weighted by Crippen LogP contribution is -2.01. The van der Waals surface area contributed by atoms with Gasteiger partial charge >= 0.3 is 5.97 Å². The monoisotopic (exact) mass is 311 g/mol. The maximum absolute atomic E-state index is 11.2. The van der Waals surface area contributed by atoms with Crippen molar-refractivity contribution in [2.24, 2.45) is 0 Å². The third kappa shape index (κ3) is 2.32. The summed E-state index contributed by atoms with van der Waals surface area (Å²) >= 11 is 0. The van der Waals surface area contributed by atoms with Crippen molar-refractivity contribution in [3.8, 4) is 11.5 Å². The molecule has 3 aromatic rings. The fraction of sp³-hybridized carbons (Fsp3) is 0.125. The Morgan fingerprint density at radius 2 is 2.22 bits per heavy atom. The smallest absolute Gasteiger partial charge is 0.357 e. The molecule has 4 rings (SSSR count). The minimum absolute atomic E-state index is 0.0148. The van der Waals surface area contributed by atoms with Crippen molar-refractivity contribution in [3.63, 3.8) is 0 Å². The number of carboxylic acids is 1. The second kappa shape index (κ2) is 5.20. The zero-order chi connectivity index (χ0) is 15.8. The quantitative estimate of drug-likeness (QED) is 0.685. The van der Waals surface area contributed by atoms with Crippen molar-refractivity contribution < 1.29 is 19.4 Å². The molecule has 0 saturated carbocycles. The summed E-state index contributed by atoms with van der Waals surface area (Å²) in [6.07, 6.45) is 0. The topological polar surface area (TPSA) is 96.5 Å². The van der Waals surface area contributed by atoms with Gasteiger partial charge in [0.25, 0.3) is 0 Å². The summed E-state index contributed by atoms with van der Waals surface area (Å²) in [7, 11) is 0. The van der Waals surface area contributed by atoms with E-state index in [0.717, 1.165) is 22.7 Å². The largest absolute Gasteiger partial charge is 0.476 e. The van der Waals surface area contributed by atoms with Gasteiger partial charge in [0.15, 0.2) is 17.2 Å². The molecule has 0 unspecified atom stereocenters. The van der Waals surface area contributed by atoms with Crippen LogP contribution in [0.15, 0.2) is 36.4 Å². The molecule has 2 aromatic carbocycles. The van der Waals surface area contributed by atoms with Crippen molar-refractivity contribution in [1.82, 2.24) is 10.2 Å². The molecule has 7 nitrogen and oxygen atoms in total. The van der Waals surface area contributed by atoms with Gasteiger partial charge in [-0.3, -0.25) is 5.10 Å². The van der Waals surface area contributed by atoms with E-state index in [1.807, 2.05) is 24.3 Å². The van der Waals surface area contributed by atoms with E-state index < -0.39 is 5.97 Å². The maximum atomic E-state index is 11.2. The van der Waals surface area contributed by atoms with Crippen LogP contribution < -0.4 is 14.8 Å². The number of anilines is 1. The number of nitrogens with zero attached hydrogens (tertiary/aromatic N) is 1. The van der Waals surface area contributed by atoms with Gasteiger partial charge in [-0.1, -0.05) is 12.1 Å². The molecule has 3 N–H and O–H groups in total. The van der Waals surface area contributed by atoms with E-state index in [4.69, 9.17) is 14.6 Å². The van der Waals surface area contributed by atoms with Crippen LogP contribution in [0, 0.1) is 0 Å². The Labute approximate surface area is 130 Å². The molecule has 0 atom stereocenters. The van der Waals surface area contributed by atoms with Crippen LogP contribution >= 0.6 is 0 Å². The van der Waals surface area contributed by atoms with Gasteiger partial charge in [-0.2, -0.15) is 5.10 Å². The van der Waals surface area contributed by atoms with Crippen LogP contribution in [0.25, 0.3) is 10.9 Å². The van der Waals surface area contributed by atoms with E-state index >= 15 is 0 Å². The predicted octanol–water partition coefficient (Wildman–Crippen LogP) is 2.60. The molecule has 0 amide bonds. The summed E-state index contributed by atoms with van der Waals surface area (Å²) in [5.74, 6) is 0.429. The lowest BCUT2D eigenvalue weighted by molar-refractivity contribution is 0.0692. The molecule has 0 spiro atoms. The highest BCUT2D eigenvalue weighted by Gasteiger charge is 2.17. The van der Waals surface area contributed by atoms with Crippen molar-refractivity contribution in [3.05, 3.63) is 47.7 Å². The van der Waals surface area contributed by atoms with Gasteiger partial charge < -0.3 is 19.9 Å². The lowest BCUT2D eigenvalue weighted by atomic mass is 10.1. The predicted molar refractivity (Wildman–Crippen MR) is 82.9 cm³/mol. The molecule has 0 fully saturated rings.